The number of aryl methyl sites for hydroxylation is 1. The summed E-state index contributed by atoms with van der Waals surface area (Å²) in [6.45, 7) is 4.23. The molecule has 13 heteroatoms. The van der Waals surface area contributed by atoms with E-state index in [1.807, 2.05) is 50.2 Å². The van der Waals surface area contributed by atoms with Crippen molar-refractivity contribution in [1.29, 1.82) is 0 Å². The Bertz CT molecular complexity index is 2240. The van der Waals surface area contributed by atoms with Crippen LogP contribution in [0.1, 0.15) is 44.6 Å². The molecule has 1 atom stereocenters. The van der Waals surface area contributed by atoms with Crippen molar-refractivity contribution in [3.8, 4) is 16.9 Å². The lowest BCUT2D eigenvalue weighted by atomic mass is 10.0. The molecule has 0 saturated heterocycles. The highest BCUT2D eigenvalue weighted by Gasteiger charge is 2.35. The molecule has 0 saturated carbocycles. The van der Waals surface area contributed by atoms with Gasteiger partial charge >= 0.3 is 5.69 Å². The normalized spacial score (nSPS) is 14.3. The average molecular weight is 694 g/mol. The molecule has 0 bridgehead atoms. The smallest absolute Gasteiger partial charge is 0.333 e. The Morgan fingerprint density at radius 2 is 1.94 bits per heavy atom. The van der Waals surface area contributed by atoms with E-state index in [1.54, 1.807) is 46.0 Å². The van der Waals surface area contributed by atoms with Crippen molar-refractivity contribution >= 4 is 44.9 Å². The van der Waals surface area contributed by atoms with Crippen LogP contribution in [0.3, 0.4) is 0 Å². The number of hydrogen-bond acceptors (Lipinski definition) is 8. The van der Waals surface area contributed by atoms with Crippen LogP contribution in [0.5, 0.6) is 0 Å². The number of aromatic nitrogens is 5. The number of imidazole rings is 1. The molecule has 3 aromatic heterocycles. The number of nitrogens with two attached hydrogens (primary N) is 1. The molecule has 236 valence electrons. The van der Waals surface area contributed by atoms with Gasteiger partial charge in [-0.1, -0.05) is 40.2 Å². The second-order valence-corrected chi connectivity index (χ2v) is 12.3. The van der Waals surface area contributed by atoms with Crippen LogP contribution in [0.2, 0.25) is 0 Å². The van der Waals surface area contributed by atoms with E-state index in [1.165, 1.54) is 10.9 Å². The Hall–Kier alpha value is -5.56. The van der Waals surface area contributed by atoms with Gasteiger partial charge in [0.05, 0.1) is 23.6 Å². The van der Waals surface area contributed by atoms with Gasteiger partial charge in [-0.25, -0.2) is 14.8 Å². The van der Waals surface area contributed by atoms with E-state index in [0.717, 1.165) is 26.9 Å². The number of nitrogens with one attached hydrogen (secondary N) is 1. The number of rotatable bonds is 6. The number of oxazole rings is 1. The van der Waals surface area contributed by atoms with Crippen LogP contribution in [-0.2, 0) is 19.6 Å². The summed E-state index contributed by atoms with van der Waals surface area (Å²) >= 11 is 3.50. The fourth-order valence-electron chi connectivity index (χ4n) is 6.01. The maximum Gasteiger partial charge on any atom is 0.333 e. The molecule has 0 aliphatic carbocycles. The average Bonchev–Trinajstić information content (AvgIpc) is 3.59. The van der Waals surface area contributed by atoms with Crippen molar-refractivity contribution in [3.05, 3.63) is 122 Å². The highest BCUT2D eigenvalue weighted by Crippen LogP contribution is 2.28. The summed E-state index contributed by atoms with van der Waals surface area (Å²) < 4.78 is 9.28. The third-order valence-corrected chi connectivity index (χ3v) is 9.28. The number of halogens is 1. The standard InChI is InChI=1S/C34H29BrN8O4/c1-19-13-21(7-9-25(19)35)32(45)41-17-28-30(31(44)38-15-22-5-3-4-6-24(22)26-11-12-37-18-39-26)43(34(46)42(28)16-20(41)2)23-8-10-29-27(14-23)40-33(36)47-29/h3-14,18,20H,15-17H2,1-2H3,(H2,36,40)(H,38,44)/t20-/m0/s1. The fourth-order valence-corrected chi connectivity index (χ4v) is 6.26. The van der Waals surface area contributed by atoms with Gasteiger partial charge in [0.1, 0.15) is 17.5 Å². The molecule has 0 spiro atoms. The number of amides is 2. The summed E-state index contributed by atoms with van der Waals surface area (Å²) in [7, 11) is 0. The van der Waals surface area contributed by atoms with Gasteiger partial charge in [-0.15, -0.1) is 0 Å². The van der Waals surface area contributed by atoms with E-state index in [9.17, 15) is 14.4 Å². The second kappa shape index (κ2) is 12.0. The molecular weight excluding hydrogens is 664 g/mol. The highest BCUT2D eigenvalue weighted by molar-refractivity contribution is 9.10. The van der Waals surface area contributed by atoms with E-state index in [2.05, 4.69) is 36.2 Å². The zero-order chi connectivity index (χ0) is 32.8. The Balaban J connectivity index is 1.30. The molecule has 3 N–H and O–H groups in total. The number of anilines is 1. The van der Waals surface area contributed by atoms with Gasteiger partial charge in [-0.05, 0) is 67.4 Å². The van der Waals surface area contributed by atoms with Crippen molar-refractivity contribution in [3.63, 3.8) is 0 Å². The summed E-state index contributed by atoms with van der Waals surface area (Å²) in [5.41, 5.74) is 11.1. The monoisotopic (exact) mass is 692 g/mol. The van der Waals surface area contributed by atoms with Crippen molar-refractivity contribution in [2.24, 2.45) is 0 Å². The molecule has 1 aliphatic rings. The number of fused-ring (bicyclic) bond motifs is 2. The van der Waals surface area contributed by atoms with Gasteiger partial charge in [0.15, 0.2) is 5.58 Å². The lowest BCUT2D eigenvalue weighted by Crippen LogP contribution is -2.47. The summed E-state index contributed by atoms with van der Waals surface area (Å²) in [6, 6.07) is 19.5. The Morgan fingerprint density at radius 1 is 1.11 bits per heavy atom. The van der Waals surface area contributed by atoms with E-state index in [0.29, 0.717) is 28.0 Å². The van der Waals surface area contributed by atoms with Crippen molar-refractivity contribution in [2.45, 2.75) is 39.5 Å². The SMILES string of the molecule is Cc1cc(C(=O)N2Cc3c(C(=O)NCc4ccccc4-c4ccncn4)n(-c4ccc5oc(N)nc5c4)c(=O)n3C[C@@H]2C)ccc1Br. The van der Waals surface area contributed by atoms with Gasteiger partial charge in [0, 0.05) is 40.9 Å². The first-order valence-electron chi connectivity index (χ1n) is 14.9. The quantitative estimate of drug-likeness (QED) is 0.251. The molecule has 12 nitrogen and oxygen atoms in total. The Labute approximate surface area is 277 Å². The fraction of sp³-hybridized carbons (Fsp3) is 0.176. The maximum absolute atomic E-state index is 14.3. The first-order chi connectivity index (χ1) is 22.7. The number of carbonyl (C=O) groups excluding carboxylic acids is 2. The molecule has 0 unspecified atom stereocenters. The predicted molar refractivity (Wildman–Crippen MR) is 179 cm³/mol. The van der Waals surface area contributed by atoms with E-state index in [4.69, 9.17) is 10.2 Å². The molecule has 47 heavy (non-hydrogen) atoms. The van der Waals surface area contributed by atoms with Gasteiger partial charge in [0.2, 0.25) is 0 Å². The van der Waals surface area contributed by atoms with E-state index < -0.39 is 11.6 Å². The predicted octanol–water partition coefficient (Wildman–Crippen LogP) is 4.86. The van der Waals surface area contributed by atoms with Crippen LogP contribution in [0.4, 0.5) is 6.01 Å². The summed E-state index contributed by atoms with van der Waals surface area (Å²) in [4.78, 5) is 56.5. The first-order valence-corrected chi connectivity index (χ1v) is 15.7. The second-order valence-electron chi connectivity index (χ2n) is 11.4. The number of benzene rings is 3. The molecule has 4 heterocycles. The lowest BCUT2D eigenvalue weighted by Gasteiger charge is -2.34. The highest BCUT2D eigenvalue weighted by atomic mass is 79.9. The summed E-state index contributed by atoms with van der Waals surface area (Å²) in [5.74, 6) is -0.668. The number of carbonyl (C=O) groups is 2. The van der Waals surface area contributed by atoms with Crippen molar-refractivity contribution in [2.75, 3.05) is 5.73 Å². The molecule has 2 amide bonds. The van der Waals surface area contributed by atoms with Gasteiger partial charge < -0.3 is 20.4 Å². The minimum absolute atomic E-state index is 0.00727. The third kappa shape index (κ3) is 5.48. The largest absolute Gasteiger partial charge is 0.424 e. The minimum atomic E-state index is -0.477. The number of hydrogen-bond donors (Lipinski definition) is 2. The van der Waals surface area contributed by atoms with Crippen LogP contribution in [0, 0.1) is 6.92 Å². The van der Waals surface area contributed by atoms with E-state index >= 15 is 0 Å². The zero-order valence-electron chi connectivity index (χ0n) is 25.5. The molecule has 1 aliphatic heterocycles. The van der Waals surface area contributed by atoms with Crippen LogP contribution in [-0.4, -0.2) is 46.8 Å². The molecule has 7 rings (SSSR count). The molecular formula is C34H29BrN8O4. The Kier molecular flexibility index (Phi) is 7.68. The Morgan fingerprint density at radius 3 is 2.72 bits per heavy atom. The third-order valence-electron chi connectivity index (χ3n) is 8.39. The van der Waals surface area contributed by atoms with Crippen LogP contribution in [0.15, 0.2) is 92.9 Å². The van der Waals surface area contributed by atoms with Crippen LogP contribution in [0.25, 0.3) is 28.0 Å². The first kappa shape index (κ1) is 30.1. The summed E-state index contributed by atoms with van der Waals surface area (Å²) in [5, 5.41) is 3.02. The van der Waals surface area contributed by atoms with Crippen LogP contribution >= 0.6 is 15.9 Å². The lowest BCUT2D eigenvalue weighted by molar-refractivity contribution is 0.0610. The molecule has 3 aromatic carbocycles. The molecule has 6 aromatic rings. The minimum Gasteiger partial charge on any atom is -0.424 e. The molecule has 0 fully saturated rings. The topological polar surface area (TPSA) is 154 Å². The van der Waals surface area contributed by atoms with Crippen molar-refractivity contribution < 1.29 is 14.0 Å². The van der Waals surface area contributed by atoms with Gasteiger partial charge in [0.25, 0.3) is 17.8 Å². The van der Waals surface area contributed by atoms with Gasteiger partial charge in [-0.2, -0.15) is 4.98 Å². The van der Waals surface area contributed by atoms with Crippen molar-refractivity contribution in [1.82, 2.24) is 34.3 Å². The van der Waals surface area contributed by atoms with Crippen LogP contribution < -0.4 is 16.7 Å². The van der Waals surface area contributed by atoms with Gasteiger partial charge in [-0.3, -0.25) is 18.7 Å². The number of nitrogens with zero attached hydrogens (tertiary/aromatic N) is 6. The van der Waals surface area contributed by atoms with E-state index in [-0.39, 0.29) is 43.3 Å². The number of nitrogen functional groups attached to an aromatic ring is 1. The molecule has 0 radical (unpaired) electrons. The maximum atomic E-state index is 14.3. The zero-order valence-corrected chi connectivity index (χ0v) is 27.1. The summed E-state index contributed by atoms with van der Waals surface area (Å²) in [6.07, 6.45) is 3.13.